The zero-order valence-electron chi connectivity index (χ0n) is 10.4. The average Bonchev–Trinajstić information content (AvgIpc) is 3.10. The van der Waals surface area contributed by atoms with E-state index in [9.17, 15) is 0 Å². The lowest BCUT2D eigenvalue weighted by Gasteiger charge is -2.29. The van der Waals surface area contributed by atoms with Crippen LogP contribution in [0.4, 0.5) is 5.13 Å². The van der Waals surface area contributed by atoms with Crippen molar-refractivity contribution >= 4 is 16.7 Å². The maximum Gasteiger partial charge on any atom is 0.205 e. The van der Waals surface area contributed by atoms with Gasteiger partial charge in [-0.2, -0.15) is 4.37 Å². The van der Waals surface area contributed by atoms with Crippen molar-refractivity contribution in [1.82, 2.24) is 14.3 Å². The molecule has 0 bridgehead atoms. The van der Waals surface area contributed by atoms with Gasteiger partial charge in [-0.3, -0.25) is 0 Å². The summed E-state index contributed by atoms with van der Waals surface area (Å²) in [6.07, 6.45) is 6.42. The van der Waals surface area contributed by atoms with Gasteiger partial charge in [-0.1, -0.05) is 6.92 Å². The molecule has 0 unspecified atom stereocenters. The Hall–Kier alpha value is -1.43. The van der Waals surface area contributed by atoms with Gasteiger partial charge >= 0.3 is 0 Å². The van der Waals surface area contributed by atoms with E-state index in [0.29, 0.717) is 5.92 Å². The van der Waals surface area contributed by atoms with E-state index in [0.717, 1.165) is 49.2 Å². The number of rotatable bonds is 3. The van der Waals surface area contributed by atoms with Gasteiger partial charge in [-0.15, -0.1) is 0 Å². The van der Waals surface area contributed by atoms with Crippen molar-refractivity contribution in [2.45, 2.75) is 32.1 Å². The third-order valence-corrected chi connectivity index (χ3v) is 4.15. The molecule has 6 heteroatoms. The molecule has 0 radical (unpaired) electrons. The third-order valence-electron chi connectivity index (χ3n) is 3.34. The van der Waals surface area contributed by atoms with Gasteiger partial charge < -0.3 is 9.32 Å². The Morgan fingerprint density at radius 1 is 1.44 bits per heavy atom. The van der Waals surface area contributed by atoms with Gasteiger partial charge in [0.1, 0.15) is 12.1 Å². The van der Waals surface area contributed by atoms with E-state index < -0.39 is 0 Å². The molecule has 3 heterocycles. The molecule has 5 nitrogen and oxygen atoms in total. The van der Waals surface area contributed by atoms with Crippen LogP contribution in [0, 0.1) is 0 Å². The van der Waals surface area contributed by atoms with Gasteiger partial charge in [0.25, 0.3) is 0 Å². The van der Waals surface area contributed by atoms with Crippen LogP contribution in [0.3, 0.4) is 0 Å². The van der Waals surface area contributed by atoms with Gasteiger partial charge in [0, 0.05) is 37.0 Å². The van der Waals surface area contributed by atoms with Gasteiger partial charge in [0.2, 0.25) is 5.13 Å². The molecule has 0 N–H and O–H groups in total. The van der Waals surface area contributed by atoms with E-state index in [1.807, 2.05) is 0 Å². The highest BCUT2D eigenvalue weighted by atomic mass is 32.1. The second-order valence-electron chi connectivity index (χ2n) is 4.48. The highest BCUT2D eigenvalue weighted by Crippen LogP contribution is 2.30. The Bertz CT molecular complexity index is 488. The first-order chi connectivity index (χ1) is 8.86. The van der Waals surface area contributed by atoms with Crippen molar-refractivity contribution < 1.29 is 4.42 Å². The van der Waals surface area contributed by atoms with E-state index in [4.69, 9.17) is 4.42 Å². The van der Waals surface area contributed by atoms with Crippen LogP contribution in [0.15, 0.2) is 16.9 Å². The largest absolute Gasteiger partial charge is 0.449 e. The van der Waals surface area contributed by atoms with Crippen LogP contribution >= 0.6 is 11.5 Å². The highest BCUT2D eigenvalue weighted by Gasteiger charge is 2.25. The first-order valence-corrected chi connectivity index (χ1v) is 7.11. The molecular formula is C12H16N4OS. The zero-order valence-corrected chi connectivity index (χ0v) is 11.2. The van der Waals surface area contributed by atoms with Gasteiger partial charge in [0.15, 0.2) is 5.89 Å². The number of oxazole rings is 1. The van der Waals surface area contributed by atoms with Crippen molar-refractivity contribution in [1.29, 1.82) is 0 Å². The van der Waals surface area contributed by atoms with Crippen LogP contribution in [-0.2, 0) is 6.42 Å². The maximum absolute atomic E-state index is 5.38. The van der Waals surface area contributed by atoms with Crippen molar-refractivity contribution in [3.8, 4) is 0 Å². The number of anilines is 1. The SMILES string of the molecule is CCc1nsc(N2CCC(c3ncco3)CC2)n1. The summed E-state index contributed by atoms with van der Waals surface area (Å²) in [5, 5.41) is 1.05. The summed E-state index contributed by atoms with van der Waals surface area (Å²) in [6, 6.07) is 0. The molecule has 2 aromatic heterocycles. The van der Waals surface area contributed by atoms with Crippen molar-refractivity contribution in [3.63, 3.8) is 0 Å². The lowest BCUT2D eigenvalue weighted by Crippen LogP contribution is -2.32. The summed E-state index contributed by atoms with van der Waals surface area (Å²) in [4.78, 5) is 11.1. The second kappa shape index (κ2) is 5.06. The normalized spacial score (nSPS) is 17.3. The monoisotopic (exact) mass is 264 g/mol. The second-order valence-corrected chi connectivity index (χ2v) is 5.21. The number of hydrogen-bond donors (Lipinski definition) is 0. The Morgan fingerprint density at radius 2 is 2.28 bits per heavy atom. The van der Waals surface area contributed by atoms with E-state index >= 15 is 0 Å². The number of piperidine rings is 1. The fourth-order valence-electron chi connectivity index (χ4n) is 2.27. The minimum Gasteiger partial charge on any atom is -0.449 e. The molecule has 1 fully saturated rings. The van der Waals surface area contributed by atoms with Crippen molar-refractivity contribution in [3.05, 3.63) is 24.2 Å². The van der Waals surface area contributed by atoms with Gasteiger partial charge in [-0.25, -0.2) is 9.97 Å². The van der Waals surface area contributed by atoms with E-state index in [2.05, 4.69) is 26.2 Å². The lowest BCUT2D eigenvalue weighted by molar-refractivity contribution is 0.393. The molecule has 2 aromatic rings. The summed E-state index contributed by atoms with van der Waals surface area (Å²) in [5.41, 5.74) is 0. The maximum atomic E-state index is 5.38. The van der Waals surface area contributed by atoms with Crippen LogP contribution in [0.1, 0.15) is 37.4 Å². The lowest BCUT2D eigenvalue weighted by atomic mass is 9.97. The van der Waals surface area contributed by atoms with E-state index in [-0.39, 0.29) is 0 Å². The molecule has 0 saturated carbocycles. The average molecular weight is 264 g/mol. The number of aromatic nitrogens is 3. The predicted molar refractivity (Wildman–Crippen MR) is 70.0 cm³/mol. The Morgan fingerprint density at radius 3 is 2.89 bits per heavy atom. The van der Waals surface area contributed by atoms with Gasteiger partial charge in [0.05, 0.1) is 6.20 Å². The molecule has 1 saturated heterocycles. The first kappa shape index (κ1) is 11.6. The summed E-state index contributed by atoms with van der Waals surface area (Å²) in [7, 11) is 0. The zero-order chi connectivity index (χ0) is 12.4. The fraction of sp³-hybridized carbons (Fsp3) is 0.583. The Balaban J connectivity index is 1.63. The highest BCUT2D eigenvalue weighted by molar-refractivity contribution is 7.09. The molecule has 0 aliphatic carbocycles. The predicted octanol–water partition coefficient (Wildman–Crippen LogP) is 2.47. The Labute approximate surface area is 110 Å². The van der Waals surface area contributed by atoms with Crippen molar-refractivity contribution in [2.24, 2.45) is 0 Å². The summed E-state index contributed by atoms with van der Waals surface area (Å²) >= 11 is 1.51. The topological polar surface area (TPSA) is 55.1 Å². The number of aryl methyl sites for hydroxylation is 1. The molecule has 0 amide bonds. The summed E-state index contributed by atoms with van der Waals surface area (Å²) < 4.78 is 9.72. The van der Waals surface area contributed by atoms with Gasteiger partial charge in [-0.05, 0) is 12.8 Å². The van der Waals surface area contributed by atoms with E-state index in [1.54, 1.807) is 12.5 Å². The fourth-order valence-corrected chi connectivity index (χ4v) is 3.07. The van der Waals surface area contributed by atoms with Crippen LogP contribution in [0.5, 0.6) is 0 Å². The summed E-state index contributed by atoms with van der Waals surface area (Å²) in [6.45, 7) is 4.09. The molecule has 96 valence electrons. The van der Waals surface area contributed by atoms with Crippen LogP contribution in [0.25, 0.3) is 0 Å². The quantitative estimate of drug-likeness (QED) is 0.852. The molecule has 0 spiro atoms. The van der Waals surface area contributed by atoms with Crippen LogP contribution in [0.2, 0.25) is 0 Å². The smallest absolute Gasteiger partial charge is 0.205 e. The molecule has 0 aromatic carbocycles. The number of nitrogens with zero attached hydrogens (tertiary/aromatic N) is 4. The minimum atomic E-state index is 0.454. The molecular weight excluding hydrogens is 248 g/mol. The molecule has 3 rings (SSSR count). The molecule has 1 aliphatic rings. The Kier molecular flexibility index (Phi) is 3.27. The van der Waals surface area contributed by atoms with Crippen LogP contribution in [-0.4, -0.2) is 27.4 Å². The number of hydrogen-bond acceptors (Lipinski definition) is 6. The minimum absolute atomic E-state index is 0.454. The molecule has 1 aliphatic heterocycles. The molecule has 0 atom stereocenters. The molecule has 18 heavy (non-hydrogen) atoms. The third kappa shape index (κ3) is 2.25. The van der Waals surface area contributed by atoms with Crippen molar-refractivity contribution in [2.75, 3.05) is 18.0 Å². The first-order valence-electron chi connectivity index (χ1n) is 6.33. The standard InChI is InChI=1S/C12H16N4OS/c1-2-10-14-12(18-15-10)16-6-3-9(4-7-16)11-13-5-8-17-11/h5,8-9H,2-4,6-7H2,1H3. The van der Waals surface area contributed by atoms with E-state index in [1.165, 1.54) is 11.5 Å². The summed E-state index contributed by atoms with van der Waals surface area (Å²) in [5.74, 6) is 2.28. The van der Waals surface area contributed by atoms with Crippen LogP contribution < -0.4 is 4.90 Å².